The third-order valence-electron chi connectivity index (χ3n) is 5.72. The number of hydrogen-bond donors (Lipinski definition) is 3. The molecule has 2 aromatic rings. The van der Waals surface area contributed by atoms with Gasteiger partial charge in [-0.05, 0) is 24.6 Å². The Morgan fingerprint density at radius 2 is 1.60 bits per heavy atom. The fraction of sp³-hybridized carbons (Fsp3) is 0.316. The van der Waals surface area contributed by atoms with Crippen LogP contribution in [0.4, 0.5) is 18.9 Å². The van der Waals surface area contributed by atoms with Gasteiger partial charge in [0.05, 0.1) is 27.4 Å². The number of aliphatic hydroxyl groups is 2. The summed E-state index contributed by atoms with van der Waals surface area (Å²) in [5.74, 6) is -6.84. The Bertz CT molecular complexity index is 1120. The maximum atomic E-state index is 13.3. The van der Waals surface area contributed by atoms with Gasteiger partial charge in [0.1, 0.15) is 0 Å². The number of fused-ring (bicyclic) bond motifs is 1. The molecule has 0 heterocycles. The predicted molar refractivity (Wildman–Crippen MR) is 100 cm³/mol. The first kappa shape index (κ1) is 21.1. The van der Waals surface area contributed by atoms with E-state index in [1.807, 2.05) is 0 Å². The molecule has 5 atom stereocenters. The molecule has 3 aliphatic carbocycles. The molecule has 30 heavy (non-hydrogen) atoms. The monoisotopic (exact) mass is 461 g/mol. The molecule has 3 N–H and O–H groups in total. The standard InChI is InChI=1S/C19H15ClF3NO5S/c20-11-2-1-7(19(27)24-8-4-12(21)15(23)13(22)5-8)3-14(11)30(28,29)18-9-6-10(18)17(26)16(9)25/h1-5,9-10,16-18,25-26H,6H2,(H,24,27)/t9?,10?,16-,17+,18?. The van der Waals surface area contributed by atoms with Crippen LogP contribution in [-0.2, 0) is 9.84 Å². The highest BCUT2D eigenvalue weighted by molar-refractivity contribution is 7.92. The summed E-state index contributed by atoms with van der Waals surface area (Å²) in [7, 11) is -4.08. The van der Waals surface area contributed by atoms with Crippen LogP contribution in [-0.4, -0.2) is 42.0 Å². The van der Waals surface area contributed by atoms with Crippen molar-refractivity contribution in [1.82, 2.24) is 0 Å². The fourth-order valence-electron chi connectivity index (χ4n) is 4.18. The van der Waals surface area contributed by atoms with Gasteiger partial charge in [0, 0.05) is 35.2 Å². The summed E-state index contributed by atoms with van der Waals surface area (Å²) in [6.07, 6.45) is -1.93. The van der Waals surface area contributed by atoms with Crippen molar-refractivity contribution >= 4 is 33.0 Å². The second-order valence-electron chi connectivity index (χ2n) is 7.41. The molecular formula is C19H15ClF3NO5S. The Morgan fingerprint density at radius 3 is 2.13 bits per heavy atom. The van der Waals surface area contributed by atoms with Gasteiger partial charge in [-0.15, -0.1) is 0 Å². The van der Waals surface area contributed by atoms with Crippen molar-refractivity contribution in [2.45, 2.75) is 28.8 Å². The van der Waals surface area contributed by atoms with Crippen molar-refractivity contribution in [2.75, 3.05) is 5.32 Å². The Labute approximate surface area is 174 Å². The zero-order chi connectivity index (χ0) is 22.0. The predicted octanol–water partition coefficient (Wildman–Crippen LogP) is 2.52. The molecule has 3 saturated carbocycles. The molecule has 0 spiro atoms. The van der Waals surface area contributed by atoms with E-state index in [0.29, 0.717) is 18.6 Å². The zero-order valence-corrected chi connectivity index (χ0v) is 16.6. The second-order valence-corrected chi connectivity index (χ2v) is 9.89. The lowest BCUT2D eigenvalue weighted by molar-refractivity contribution is 0.0396. The quantitative estimate of drug-likeness (QED) is 0.607. The van der Waals surface area contributed by atoms with Crippen molar-refractivity contribution in [3.05, 3.63) is 58.4 Å². The van der Waals surface area contributed by atoms with Crippen LogP contribution in [0.25, 0.3) is 0 Å². The average Bonchev–Trinajstić information content (AvgIpc) is 3.06. The molecule has 3 fully saturated rings. The van der Waals surface area contributed by atoms with Crippen LogP contribution < -0.4 is 5.32 Å². The maximum absolute atomic E-state index is 13.3. The molecule has 3 unspecified atom stereocenters. The lowest BCUT2D eigenvalue weighted by Crippen LogP contribution is -2.43. The van der Waals surface area contributed by atoms with Crippen molar-refractivity contribution < 1.29 is 36.6 Å². The Kier molecular flexibility index (Phi) is 5.08. The van der Waals surface area contributed by atoms with E-state index in [-0.39, 0.29) is 21.2 Å². The van der Waals surface area contributed by atoms with Crippen molar-refractivity contribution in [1.29, 1.82) is 0 Å². The summed E-state index contributed by atoms with van der Waals surface area (Å²) in [5, 5.41) is 20.8. The van der Waals surface area contributed by atoms with Gasteiger partial charge in [-0.2, -0.15) is 0 Å². The molecule has 0 saturated heterocycles. The van der Waals surface area contributed by atoms with Crippen LogP contribution in [0.2, 0.25) is 5.02 Å². The van der Waals surface area contributed by atoms with Gasteiger partial charge in [-0.1, -0.05) is 11.6 Å². The number of halogens is 4. The largest absolute Gasteiger partial charge is 0.390 e. The van der Waals surface area contributed by atoms with E-state index in [2.05, 4.69) is 5.32 Å². The zero-order valence-electron chi connectivity index (χ0n) is 15.0. The molecule has 2 bridgehead atoms. The molecule has 6 nitrogen and oxygen atoms in total. The van der Waals surface area contributed by atoms with Crippen molar-refractivity contribution in [3.8, 4) is 0 Å². The molecule has 11 heteroatoms. The molecule has 3 aliphatic rings. The number of sulfone groups is 1. The van der Waals surface area contributed by atoms with E-state index >= 15 is 0 Å². The average molecular weight is 462 g/mol. The highest BCUT2D eigenvalue weighted by Gasteiger charge is 2.63. The molecule has 1 amide bonds. The summed E-state index contributed by atoms with van der Waals surface area (Å²) < 4.78 is 65.9. The second kappa shape index (κ2) is 7.23. The highest BCUT2D eigenvalue weighted by Crippen LogP contribution is 2.54. The molecule has 0 aromatic heterocycles. The minimum atomic E-state index is -4.08. The Morgan fingerprint density at radius 1 is 1.03 bits per heavy atom. The number of rotatable bonds is 4. The molecule has 160 valence electrons. The smallest absolute Gasteiger partial charge is 0.255 e. The number of carbonyl (C=O) groups is 1. The third kappa shape index (κ3) is 3.18. The Balaban J connectivity index is 1.63. The summed E-state index contributed by atoms with van der Waals surface area (Å²) >= 11 is 6.04. The number of nitrogens with one attached hydrogen (secondary N) is 1. The molecular weight excluding hydrogens is 447 g/mol. The number of anilines is 1. The normalized spacial score (nSPS) is 27.6. The summed E-state index contributed by atoms with van der Waals surface area (Å²) in [6, 6.07) is 4.58. The topological polar surface area (TPSA) is 104 Å². The van der Waals surface area contributed by atoms with Crippen LogP contribution >= 0.6 is 11.6 Å². The minimum Gasteiger partial charge on any atom is -0.390 e. The van der Waals surface area contributed by atoms with E-state index in [0.717, 1.165) is 6.07 Å². The molecule has 0 aliphatic heterocycles. The van der Waals surface area contributed by atoms with E-state index in [9.17, 15) is 36.6 Å². The van der Waals surface area contributed by atoms with Crippen molar-refractivity contribution in [2.24, 2.45) is 11.8 Å². The van der Waals surface area contributed by atoms with Gasteiger partial charge in [0.2, 0.25) is 0 Å². The van der Waals surface area contributed by atoms with Crippen LogP contribution in [0.5, 0.6) is 0 Å². The first-order chi connectivity index (χ1) is 14.0. The van der Waals surface area contributed by atoms with Crippen LogP contribution in [0.1, 0.15) is 16.8 Å². The fourth-order valence-corrected chi connectivity index (χ4v) is 7.01. The number of hydrogen-bond acceptors (Lipinski definition) is 5. The van der Waals surface area contributed by atoms with Gasteiger partial charge in [0.15, 0.2) is 27.3 Å². The van der Waals surface area contributed by atoms with Gasteiger partial charge < -0.3 is 15.5 Å². The maximum Gasteiger partial charge on any atom is 0.255 e. The molecule has 5 rings (SSSR count). The van der Waals surface area contributed by atoms with Gasteiger partial charge >= 0.3 is 0 Å². The van der Waals surface area contributed by atoms with E-state index in [1.54, 1.807) is 0 Å². The first-order valence-corrected chi connectivity index (χ1v) is 10.8. The van der Waals surface area contributed by atoms with E-state index in [4.69, 9.17) is 11.6 Å². The summed E-state index contributed by atoms with van der Waals surface area (Å²) in [6.45, 7) is 0. The minimum absolute atomic E-state index is 0.152. The van der Waals surface area contributed by atoms with Crippen LogP contribution in [0.15, 0.2) is 35.2 Å². The van der Waals surface area contributed by atoms with Crippen molar-refractivity contribution in [3.63, 3.8) is 0 Å². The first-order valence-electron chi connectivity index (χ1n) is 8.88. The number of aliphatic hydroxyl groups excluding tert-OH is 2. The Hall–Kier alpha value is -2.14. The summed E-state index contributed by atoms with van der Waals surface area (Å²) in [5.41, 5.74) is -0.532. The molecule has 2 aromatic carbocycles. The number of amides is 1. The van der Waals surface area contributed by atoms with Crippen LogP contribution in [0.3, 0.4) is 0 Å². The molecule has 0 radical (unpaired) electrons. The summed E-state index contributed by atoms with van der Waals surface area (Å²) in [4.78, 5) is 12.1. The van der Waals surface area contributed by atoms with E-state index in [1.165, 1.54) is 12.1 Å². The number of benzene rings is 2. The number of carbonyl (C=O) groups excluding carboxylic acids is 1. The van der Waals surface area contributed by atoms with Gasteiger partial charge in [-0.25, -0.2) is 21.6 Å². The van der Waals surface area contributed by atoms with E-state index < -0.39 is 62.5 Å². The van der Waals surface area contributed by atoms with Gasteiger partial charge in [-0.3, -0.25) is 4.79 Å². The lowest BCUT2D eigenvalue weighted by atomic mass is 9.83. The highest BCUT2D eigenvalue weighted by atomic mass is 35.5. The lowest BCUT2D eigenvalue weighted by Gasteiger charge is -2.35. The SMILES string of the molecule is O=C(Nc1cc(F)c(F)c(F)c1)c1ccc(Cl)c(S(=O)(=O)C2C3CC2[C@H](O)[C@@H]3O)c1. The van der Waals surface area contributed by atoms with Gasteiger partial charge in [0.25, 0.3) is 5.91 Å². The van der Waals surface area contributed by atoms with Crippen LogP contribution in [0, 0.1) is 29.3 Å². The third-order valence-corrected chi connectivity index (χ3v) is 8.52.